The molecule has 0 spiro atoms. The fraction of sp³-hybridized carbons (Fsp3) is 0.385. The van der Waals surface area contributed by atoms with Gasteiger partial charge in [-0.15, -0.1) is 0 Å². The number of hydrogen-bond donors (Lipinski definition) is 11. The molecule has 0 aromatic heterocycles. The molecule has 2 atom stereocenters. The molecule has 14 N–H and O–H groups in total. The number of hydrogen-bond acceptors (Lipinski definition) is 12. The van der Waals surface area contributed by atoms with Gasteiger partial charge in [0.2, 0.25) is 23.1 Å². The van der Waals surface area contributed by atoms with Crippen LogP contribution in [0.1, 0.15) is 12.5 Å². The van der Waals surface area contributed by atoms with Crippen molar-refractivity contribution in [2.24, 2.45) is 11.5 Å². The summed E-state index contributed by atoms with van der Waals surface area (Å²) in [4.78, 5) is 23.7. The van der Waals surface area contributed by atoms with Crippen molar-refractivity contribution in [1.29, 1.82) is 0 Å². The van der Waals surface area contributed by atoms with Crippen molar-refractivity contribution in [1.82, 2.24) is 10.6 Å². The first kappa shape index (κ1) is 22.0. The molecule has 0 bridgehead atoms. The number of carbonyl (C=O) groups excluding carboxylic acids is 2. The quantitative estimate of drug-likeness (QED) is 0.0959. The monoisotopic (exact) mass is 391 g/mol. The summed E-state index contributed by atoms with van der Waals surface area (Å²) < 4.78 is 4.69. The zero-order valence-corrected chi connectivity index (χ0v) is 14.2. The topological polar surface area (TPSA) is 267 Å². The third kappa shape index (κ3) is 3.88. The van der Waals surface area contributed by atoms with Crippen molar-refractivity contribution in [3.8, 4) is 23.0 Å². The fourth-order valence-corrected chi connectivity index (χ4v) is 2.13. The molecule has 14 heteroatoms. The summed E-state index contributed by atoms with van der Waals surface area (Å²) in [6.45, 7) is 0.988. The van der Waals surface area contributed by atoms with Crippen LogP contribution in [0.3, 0.4) is 0 Å². The Kier molecular flexibility index (Phi) is 5.94. The molecule has 0 saturated carbocycles. The third-order valence-corrected chi connectivity index (χ3v) is 3.53. The van der Waals surface area contributed by atoms with Gasteiger partial charge in [-0.05, 0) is 0 Å². The molecule has 14 nitrogen and oxygen atoms in total. The fourth-order valence-electron chi connectivity index (χ4n) is 2.13. The first-order valence-electron chi connectivity index (χ1n) is 7.09. The number of phenols is 4. The van der Waals surface area contributed by atoms with Gasteiger partial charge in [-0.2, -0.15) is 0 Å². The summed E-state index contributed by atoms with van der Waals surface area (Å²) in [6, 6.07) is 0. The van der Waals surface area contributed by atoms with E-state index < -0.39 is 63.9 Å². The number of nitrogen functional groups attached to an aromatic ring is 1. The number of benzene rings is 1. The van der Waals surface area contributed by atoms with Gasteiger partial charge < -0.3 is 52.2 Å². The number of aromatic hydroxyl groups is 4. The van der Waals surface area contributed by atoms with Crippen molar-refractivity contribution in [3.63, 3.8) is 0 Å². The average Bonchev–Trinajstić information content (AvgIpc) is 2.56. The number of carbonyl (C=O) groups is 2. The van der Waals surface area contributed by atoms with Crippen LogP contribution in [0.15, 0.2) is 0 Å². The molecule has 0 aliphatic heterocycles. The van der Waals surface area contributed by atoms with E-state index in [1.54, 1.807) is 0 Å². The standard InChI is InChI=1S/C13H21N5O9/c1-3(19)17-12(16,10(15)27-2)11(24)18-13(25,26)4-5(14)7(21)9(23)8(22)6(4)20/h10,20-23,25-26H,14-16H2,1-2H3,(H,17,19)(H,18,24). The summed E-state index contributed by atoms with van der Waals surface area (Å²) >= 11 is 0. The first-order chi connectivity index (χ1) is 12.2. The number of aliphatic hydroxyl groups is 2. The van der Waals surface area contributed by atoms with Crippen LogP contribution in [0.4, 0.5) is 5.69 Å². The van der Waals surface area contributed by atoms with E-state index in [0.29, 0.717) is 0 Å². The number of anilines is 1. The molecule has 1 aromatic carbocycles. The van der Waals surface area contributed by atoms with Gasteiger partial charge in [-0.1, -0.05) is 0 Å². The Balaban J connectivity index is 3.42. The van der Waals surface area contributed by atoms with E-state index in [4.69, 9.17) is 17.2 Å². The van der Waals surface area contributed by atoms with Crippen LogP contribution in [0.5, 0.6) is 23.0 Å². The molecule has 0 aliphatic carbocycles. The van der Waals surface area contributed by atoms with E-state index in [1.807, 2.05) is 5.32 Å². The minimum atomic E-state index is -3.55. The van der Waals surface area contributed by atoms with Crippen LogP contribution in [0.25, 0.3) is 0 Å². The highest BCUT2D eigenvalue weighted by molar-refractivity contribution is 5.91. The van der Waals surface area contributed by atoms with Gasteiger partial charge in [-0.3, -0.25) is 20.6 Å². The molecule has 27 heavy (non-hydrogen) atoms. The van der Waals surface area contributed by atoms with Gasteiger partial charge in [0.05, 0.1) is 5.69 Å². The molecular formula is C13H21N5O9. The molecule has 2 unspecified atom stereocenters. The third-order valence-electron chi connectivity index (χ3n) is 3.53. The van der Waals surface area contributed by atoms with Crippen molar-refractivity contribution in [2.75, 3.05) is 12.8 Å². The van der Waals surface area contributed by atoms with E-state index in [0.717, 1.165) is 14.0 Å². The molecule has 0 saturated heterocycles. The number of phenolic OH excluding ortho intramolecular Hbond substituents is 4. The largest absolute Gasteiger partial charge is 0.504 e. The molecule has 0 aliphatic rings. The summed E-state index contributed by atoms with van der Waals surface area (Å²) in [5, 5.41) is 62.1. The summed E-state index contributed by atoms with van der Waals surface area (Å²) in [6.07, 6.45) is -1.66. The lowest BCUT2D eigenvalue weighted by molar-refractivity contribution is -0.202. The Morgan fingerprint density at radius 3 is 1.96 bits per heavy atom. The number of ether oxygens (including phenoxy) is 1. The molecule has 0 heterocycles. The van der Waals surface area contributed by atoms with Crippen LogP contribution in [0, 0.1) is 0 Å². The maximum atomic E-state index is 12.4. The predicted molar refractivity (Wildman–Crippen MR) is 87.5 cm³/mol. The van der Waals surface area contributed by atoms with E-state index in [-0.39, 0.29) is 0 Å². The van der Waals surface area contributed by atoms with Gasteiger partial charge in [0.1, 0.15) is 5.56 Å². The van der Waals surface area contributed by atoms with Gasteiger partial charge in [0, 0.05) is 14.0 Å². The maximum Gasteiger partial charge on any atom is 0.281 e. The Labute approximate surface area is 151 Å². The molecule has 2 amide bonds. The number of nitrogens with one attached hydrogen (secondary N) is 2. The number of methoxy groups -OCH3 is 1. The second-order valence-electron chi connectivity index (χ2n) is 5.52. The Morgan fingerprint density at radius 1 is 1.04 bits per heavy atom. The van der Waals surface area contributed by atoms with E-state index in [1.165, 1.54) is 5.32 Å². The Bertz CT molecular complexity index is 740. The summed E-state index contributed by atoms with van der Waals surface area (Å²) in [5.74, 6) is -11.1. The highest BCUT2D eigenvalue weighted by Crippen LogP contribution is 2.51. The lowest BCUT2D eigenvalue weighted by Gasteiger charge is -2.35. The van der Waals surface area contributed by atoms with Crippen molar-refractivity contribution < 1.29 is 45.0 Å². The van der Waals surface area contributed by atoms with Crippen molar-refractivity contribution in [2.45, 2.75) is 24.7 Å². The van der Waals surface area contributed by atoms with Crippen LogP contribution >= 0.6 is 0 Å². The normalized spacial score (nSPS) is 14.9. The predicted octanol–water partition coefficient (Wildman–Crippen LogP) is -3.98. The van der Waals surface area contributed by atoms with Gasteiger partial charge in [0.15, 0.2) is 17.7 Å². The summed E-state index contributed by atoms with van der Waals surface area (Å²) in [5.41, 5.74) is 11.9. The zero-order chi connectivity index (χ0) is 21.3. The Hall–Kier alpha value is -3.04. The second kappa shape index (κ2) is 7.29. The second-order valence-corrected chi connectivity index (χ2v) is 5.52. The summed E-state index contributed by atoms with van der Waals surface area (Å²) in [7, 11) is 1.05. The molecule has 1 aromatic rings. The maximum absolute atomic E-state index is 12.4. The lowest BCUT2D eigenvalue weighted by atomic mass is 10.0. The highest BCUT2D eigenvalue weighted by Gasteiger charge is 2.47. The highest BCUT2D eigenvalue weighted by atomic mass is 16.5. The first-order valence-corrected chi connectivity index (χ1v) is 7.09. The molecule has 1 rings (SSSR count). The van der Waals surface area contributed by atoms with Crippen LogP contribution in [0.2, 0.25) is 0 Å². The van der Waals surface area contributed by atoms with E-state index >= 15 is 0 Å². The van der Waals surface area contributed by atoms with Gasteiger partial charge in [0.25, 0.3) is 11.8 Å². The lowest BCUT2D eigenvalue weighted by Crippen LogP contribution is -2.75. The van der Waals surface area contributed by atoms with Crippen LogP contribution < -0.4 is 27.8 Å². The Morgan fingerprint density at radius 2 is 1.52 bits per heavy atom. The van der Waals surface area contributed by atoms with Crippen molar-refractivity contribution in [3.05, 3.63) is 5.56 Å². The van der Waals surface area contributed by atoms with Gasteiger partial charge >= 0.3 is 0 Å². The number of nitrogens with two attached hydrogens (primary N) is 3. The van der Waals surface area contributed by atoms with Crippen LogP contribution in [-0.2, 0) is 20.2 Å². The SMILES string of the molecule is COC(N)C(N)(NC(C)=O)C(=O)NC(O)(O)c1c(N)c(O)c(O)c(O)c1O. The number of amides is 2. The molecule has 0 fully saturated rings. The minimum Gasteiger partial charge on any atom is -0.504 e. The smallest absolute Gasteiger partial charge is 0.281 e. The average molecular weight is 391 g/mol. The van der Waals surface area contributed by atoms with Crippen molar-refractivity contribution >= 4 is 17.5 Å². The molecule has 152 valence electrons. The zero-order valence-electron chi connectivity index (χ0n) is 14.2. The molecular weight excluding hydrogens is 370 g/mol. The van der Waals surface area contributed by atoms with E-state index in [9.17, 15) is 40.2 Å². The molecule has 0 radical (unpaired) electrons. The number of rotatable bonds is 6. The van der Waals surface area contributed by atoms with Crippen LogP contribution in [-0.4, -0.2) is 61.5 Å². The van der Waals surface area contributed by atoms with Gasteiger partial charge in [-0.25, -0.2) is 0 Å². The van der Waals surface area contributed by atoms with E-state index in [2.05, 4.69) is 4.74 Å². The minimum absolute atomic E-state index is 0.830.